The highest BCUT2D eigenvalue weighted by molar-refractivity contribution is 6.20. The first-order chi connectivity index (χ1) is 9.99. The molecule has 0 spiro atoms. The molecule has 0 bridgehead atoms. The Balaban J connectivity index is 2.25. The summed E-state index contributed by atoms with van der Waals surface area (Å²) in [6, 6.07) is 14.0. The molecular formula is C17H16ClFO2. The average molecular weight is 307 g/mol. The van der Waals surface area contributed by atoms with Crippen LogP contribution in [0.4, 0.5) is 4.39 Å². The molecule has 2 atom stereocenters. The van der Waals surface area contributed by atoms with Crippen LogP contribution < -0.4 is 0 Å². The van der Waals surface area contributed by atoms with Crippen LogP contribution in [0.25, 0.3) is 11.1 Å². The van der Waals surface area contributed by atoms with Gasteiger partial charge in [0.1, 0.15) is 5.82 Å². The number of rotatable bonds is 4. The minimum Gasteiger partial charge on any atom is -0.446 e. The number of hydrogen-bond donors (Lipinski definition) is 0. The van der Waals surface area contributed by atoms with Crippen LogP contribution in [-0.2, 0) is 9.53 Å². The number of ether oxygens (including phenoxy) is 1. The number of esters is 1. The van der Waals surface area contributed by atoms with Crippen LogP contribution >= 0.6 is 11.6 Å². The fraction of sp³-hybridized carbons (Fsp3) is 0.235. The molecule has 0 N–H and O–H groups in total. The third-order valence-electron chi connectivity index (χ3n) is 3.21. The van der Waals surface area contributed by atoms with Crippen molar-refractivity contribution in [3.05, 3.63) is 59.9 Å². The molecule has 0 fully saturated rings. The number of hydrogen-bond acceptors (Lipinski definition) is 2. The smallest absolute Gasteiger partial charge is 0.314 e. The molecule has 0 aliphatic rings. The van der Waals surface area contributed by atoms with Crippen LogP contribution in [-0.4, -0.2) is 11.5 Å². The Morgan fingerprint density at radius 1 is 1.14 bits per heavy atom. The summed E-state index contributed by atoms with van der Waals surface area (Å²) < 4.78 is 19.2. The van der Waals surface area contributed by atoms with E-state index in [9.17, 15) is 9.18 Å². The van der Waals surface area contributed by atoms with E-state index in [4.69, 9.17) is 16.3 Å². The van der Waals surface area contributed by atoms with Gasteiger partial charge >= 0.3 is 5.97 Å². The Bertz CT molecular complexity index is 626. The monoisotopic (exact) mass is 306 g/mol. The van der Waals surface area contributed by atoms with Gasteiger partial charge in [0.05, 0.1) is 5.92 Å². The Hall–Kier alpha value is -1.87. The maximum atomic E-state index is 14.2. The van der Waals surface area contributed by atoms with Gasteiger partial charge in [-0.1, -0.05) is 54.1 Å². The van der Waals surface area contributed by atoms with Crippen molar-refractivity contribution in [2.45, 2.75) is 25.3 Å². The molecule has 0 aromatic heterocycles. The Kier molecular flexibility index (Phi) is 4.97. The standard InChI is InChI=1S/C17H16ClFO2/c1-11(17(20)21-12(2)18)14-8-9-15(16(19)10-14)13-6-4-3-5-7-13/h3-12H,1-2H3. The molecule has 0 heterocycles. The summed E-state index contributed by atoms with van der Waals surface area (Å²) in [4.78, 5) is 11.8. The summed E-state index contributed by atoms with van der Waals surface area (Å²) in [6.45, 7) is 3.23. The van der Waals surface area contributed by atoms with Gasteiger partial charge in [-0.3, -0.25) is 4.79 Å². The SMILES string of the molecule is CC(Cl)OC(=O)C(C)c1ccc(-c2ccccc2)c(F)c1. The van der Waals surface area contributed by atoms with Crippen LogP contribution in [0.1, 0.15) is 25.3 Å². The number of benzene rings is 2. The highest BCUT2D eigenvalue weighted by Crippen LogP contribution is 2.27. The second-order valence-corrected chi connectivity index (χ2v) is 5.42. The molecule has 0 saturated carbocycles. The zero-order chi connectivity index (χ0) is 15.4. The van der Waals surface area contributed by atoms with E-state index >= 15 is 0 Å². The molecule has 21 heavy (non-hydrogen) atoms. The topological polar surface area (TPSA) is 26.3 Å². The number of carbonyl (C=O) groups is 1. The Morgan fingerprint density at radius 2 is 1.81 bits per heavy atom. The molecule has 4 heteroatoms. The molecule has 2 rings (SSSR count). The lowest BCUT2D eigenvalue weighted by molar-refractivity contribution is -0.146. The van der Waals surface area contributed by atoms with Gasteiger partial charge < -0.3 is 4.74 Å². The molecule has 0 radical (unpaired) electrons. The molecule has 2 aromatic rings. The molecule has 0 saturated heterocycles. The quantitative estimate of drug-likeness (QED) is 0.603. The van der Waals surface area contributed by atoms with E-state index in [1.807, 2.05) is 30.3 Å². The van der Waals surface area contributed by atoms with E-state index in [-0.39, 0.29) is 5.82 Å². The van der Waals surface area contributed by atoms with E-state index in [1.165, 1.54) is 6.07 Å². The molecule has 110 valence electrons. The van der Waals surface area contributed by atoms with Crippen molar-refractivity contribution < 1.29 is 13.9 Å². The lowest BCUT2D eigenvalue weighted by Gasteiger charge is -2.14. The van der Waals surface area contributed by atoms with Gasteiger partial charge in [-0.25, -0.2) is 4.39 Å². The van der Waals surface area contributed by atoms with Crippen molar-refractivity contribution >= 4 is 17.6 Å². The van der Waals surface area contributed by atoms with Crippen LogP contribution in [0, 0.1) is 5.82 Å². The molecule has 2 nitrogen and oxygen atoms in total. The van der Waals surface area contributed by atoms with Crippen molar-refractivity contribution in [2.75, 3.05) is 0 Å². The average Bonchev–Trinajstić information content (AvgIpc) is 2.46. The summed E-state index contributed by atoms with van der Waals surface area (Å²) in [5.41, 5.74) is 1.17. The predicted octanol–water partition coefficient (Wildman–Crippen LogP) is 4.72. The number of halogens is 2. The van der Waals surface area contributed by atoms with E-state index in [2.05, 4.69) is 0 Å². The molecule has 0 amide bonds. The number of alkyl halides is 1. The maximum Gasteiger partial charge on any atom is 0.314 e. The molecule has 0 aliphatic heterocycles. The Morgan fingerprint density at radius 3 is 2.38 bits per heavy atom. The van der Waals surface area contributed by atoms with Gasteiger partial charge in [-0.2, -0.15) is 0 Å². The lowest BCUT2D eigenvalue weighted by Crippen LogP contribution is -2.16. The summed E-state index contributed by atoms with van der Waals surface area (Å²) in [5, 5.41) is 0. The van der Waals surface area contributed by atoms with Gasteiger partial charge in [0.25, 0.3) is 0 Å². The van der Waals surface area contributed by atoms with Crippen molar-refractivity contribution in [1.82, 2.24) is 0 Å². The fourth-order valence-corrected chi connectivity index (χ4v) is 2.14. The van der Waals surface area contributed by atoms with Gasteiger partial charge in [-0.05, 0) is 31.0 Å². The predicted molar refractivity (Wildman–Crippen MR) is 81.7 cm³/mol. The molecule has 2 aromatic carbocycles. The summed E-state index contributed by atoms with van der Waals surface area (Å²) in [7, 11) is 0. The second-order valence-electron chi connectivity index (χ2n) is 4.81. The van der Waals surface area contributed by atoms with Gasteiger partial charge in [-0.15, -0.1) is 0 Å². The van der Waals surface area contributed by atoms with Gasteiger partial charge in [0.2, 0.25) is 0 Å². The maximum absolute atomic E-state index is 14.2. The van der Waals surface area contributed by atoms with Gasteiger partial charge in [0.15, 0.2) is 5.56 Å². The second kappa shape index (κ2) is 6.72. The van der Waals surface area contributed by atoms with E-state index < -0.39 is 17.5 Å². The molecule has 0 aliphatic carbocycles. The zero-order valence-electron chi connectivity index (χ0n) is 11.8. The van der Waals surface area contributed by atoms with Crippen molar-refractivity contribution in [1.29, 1.82) is 0 Å². The largest absolute Gasteiger partial charge is 0.446 e. The van der Waals surface area contributed by atoms with Crippen molar-refractivity contribution in [2.24, 2.45) is 0 Å². The molecule has 2 unspecified atom stereocenters. The van der Waals surface area contributed by atoms with Crippen molar-refractivity contribution in [3.63, 3.8) is 0 Å². The van der Waals surface area contributed by atoms with Crippen LogP contribution in [0.5, 0.6) is 0 Å². The van der Waals surface area contributed by atoms with Crippen LogP contribution in [0.15, 0.2) is 48.5 Å². The van der Waals surface area contributed by atoms with Gasteiger partial charge in [0, 0.05) is 5.56 Å². The van der Waals surface area contributed by atoms with Crippen LogP contribution in [0.3, 0.4) is 0 Å². The molecular weight excluding hydrogens is 291 g/mol. The third kappa shape index (κ3) is 3.82. The minimum absolute atomic E-state index is 0.364. The fourth-order valence-electron chi connectivity index (χ4n) is 2.05. The summed E-state index contributed by atoms with van der Waals surface area (Å²) in [5.74, 6) is -1.40. The van der Waals surface area contributed by atoms with Crippen LogP contribution in [0.2, 0.25) is 0 Å². The van der Waals surface area contributed by atoms with E-state index in [0.29, 0.717) is 11.1 Å². The number of carbonyl (C=O) groups excluding carboxylic acids is 1. The van der Waals surface area contributed by atoms with E-state index in [1.54, 1.807) is 26.0 Å². The van der Waals surface area contributed by atoms with Crippen molar-refractivity contribution in [3.8, 4) is 11.1 Å². The van der Waals surface area contributed by atoms with E-state index in [0.717, 1.165) is 5.56 Å². The lowest BCUT2D eigenvalue weighted by atomic mass is 9.97. The Labute approximate surface area is 128 Å². The first-order valence-corrected chi connectivity index (χ1v) is 7.12. The highest BCUT2D eigenvalue weighted by Gasteiger charge is 2.20. The summed E-state index contributed by atoms with van der Waals surface area (Å²) in [6.07, 6.45) is 0. The third-order valence-corrected chi connectivity index (χ3v) is 3.30. The first-order valence-electron chi connectivity index (χ1n) is 6.68. The summed E-state index contributed by atoms with van der Waals surface area (Å²) >= 11 is 5.62. The first kappa shape index (κ1) is 15.5. The highest BCUT2D eigenvalue weighted by atomic mass is 35.5. The minimum atomic E-state index is -0.701. The zero-order valence-corrected chi connectivity index (χ0v) is 12.6. The normalized spacial score (nSPS) is 13.5.